The molecule has 0 saturated carbocycles. The van der Waals surface area contributed by atoms with Crippen LogP contribution in [0.2, 0.25) is 5.02 Å². The van der Waals surface area contributed by atoms with Gasteiger partial charge in [0.1, 0.15) is 0 Å². The fourth-order valence-corrected chi connectivity index (χ4v) is 2.54. The first-order valence-corrected chi connectivity index (χ1v) is 7.95. The average Bonchev–Trinajstić information content (AvgIpc) is 2.92. The summed E-state index contributed by atoms with van der Waals surface area (Å²) in [5.41, 5.74) is 0.828. The number of aromatic nitrogens is 1. The van der Waals surface area contributed by atoms with E-state index in [1.54, 1.807) is 11.3 Å². The van der Waals surface area contributed by atoms with Crippen molar-refractivity contribution < 1.29 is 4.74 Å². The Morgan fingerprint density at radius 3 is 2.90 bits per heavy atom. The second-order valence-electron chi connectivity index (χ2n) is 4.79. The highest BCUT2D eigenvalue weighted by Crippen LogP contribution is 2.18. The fraction of sp³-hybridized carbons (Fsp3) is 0.400. The number of pyridine rings is 1. The molecule has 0 saturated heterocycles. The van der Waals surface area contributed by atoms with Crippen LogP contribution in [0.5, 0.6) is 5.88 Å². The number of rotatable bonds is 7. The molecular formula is C15H19ClN2OS. The normalized spacial score (nSPS) is 11.0. The zero-order valence-electron chi connectivity index (χ0n) is 11.7. The zero-order chi connectivity index (χ0) is 14.4. The van der Waals surface area contributed by atoms with Crippen LogP contribution in [0, 0.1) is 0 Å². The number of halogens is 1. The molecule has 2 aromatic heterocycles. The summed E-state index contributed by atoms with van der Waals surface area (Å²) in [4.78, 5) is 5.77. The summed E-state index contributed by atoms with van der Waals surface area (Å²) in [6.07, 6.45) is 0.904. The highest BCUT2D eigenvalue weighted by molar-refractivity contribution is 7.09. The monoisotopic (exact) mass is 310 g/mol. The molecule has 20 heavy (non-hydrogen) atoms. The summed E-state index contributed by atoms with van der Waals surface area (Å²) in [5.74, 6) is 0.631. The molecule has 2 heterocycles. The third kappa shape index (κ3) is 4.78. The minimum Gasteiger partial charge on any atom is -0.477 e. The lowest BCUT2D eigenvalue weighted by atomic mass is 10.3. The topological polar surface area (TPSA) is 34.2 Å². The van der Waals surface area contributed by atoms with Crippen LogP contribution in [-0.4, -0.2) is 17.6 Å². The zero-order valence-corrected chi connectivity index (χ0v) is 13.3. The second-order valence-corrected chi connectivity index (χ2v) is 6.23. The van der Waals surface area contributed by atoms with Gasteiger partial charge in [-0.2, -0.15) is 0 Å². The van der Waals surface area contributed by atoms with Crippen LogP contribution >= 0.6 is 22.9 Å². The summed E-state index contributed by atoms with van der Waals surface area (Å²) < 4.78 is 5.69. The molecule has 2 rings (SSSR count). The van der Waals surface area contributed by atoms with Crippen LogP contribution in [0.4, 0.5) is 0 Å². The van der Waals surface area contributed by atoms with Crippen LogP contribution < -0.4 is 10.1 Å². The predicted octanol–water partition coefficient (Wildman–Crippen LogP) is 3.92. The molecule has 0 unspecified atom stereocenters. The molecule has 0 spiro atoms. The Morgan fingerprint density at radius 2 is 2.20 bits per heavy atom. The van der Waals surface area contributed by atoms with E-state index in [1.807, 2.05) is 12.1 Å². The summed E-state index contributed by atoms with van der Waals surface area (Å²) in [6.45, 7) is 5.47. The van der Waals surface area contributed by atoms with Crippen molar-refractivity contribution in [2.24, 2.45) is 0 Å². The van der Waals surface area contributed by atoms with E-state index in [4.69, 9.17) is 16.3 Å². The molecule has 0 aliphatic heterocycles. The average molecular weight is 311 g/mol. The predicted molar refractivity (Wildman–Crippen MR) is 84.7 cm³/mol. The quantitative estimate of drug-likeness (QED) is 0.841. The van der Waals surface area contributed by atoms with Crippen molar-refractivity contribution in [1.29, 1.82) is 0 Å². The number of ether oxygens (including phenoxy) is 1. The van der Waals surface area contributed by atoms with Gasteiger partial charge in [0.05, 0.1) is 17.3 Å². The molecule has 0 aromatic carbocycles. The second kappa shape index (κ2) is 7.62. The highest BCUT2D eigenvalue weighted by atomic mass is 35.5. The number of hydrogen-bond donors (Lipinski definition) is 1. The summed E-state index contributed by atoms with van der Waals surface area (Å²) in [6, 6.07) is 8.22. The summed E-state index contributed by atoms with van der Waals surface area (Å²) in [7, 11) is 0. The molecule has 5 heteroatoms. The van der Waals surface area contributed by atoms with Crippen LogP contribution in [0.3, 0.4) is 0 Å². The Kier molecular flexibility index (Phi) is 5.83. The minimum atomic E-state index is 0.399. The van der Waals surface area contributed by atoms with Crippen molar-refractivity contribution in [3.05, 3.63) is 45.2 Å². The summed E-state index contributed by atoms with van der Waals surface area (Å²) >= 11 is 7.88. The number of nitrogens with zero attached hydrogens (tertiary/aromatic N) is 1. The van der Waals surface area contributed by atoms with Gasteiger partial charge in [0.15, 0.2) is 0 Å². The van der Waals surface area contributed by atoms with Gasteiger partial charge in [-0.1, -0.05) is 31.5 Å². The molecule has 0 atom stereocenters. The third-order valence-corrected chi connectivity index (χ3v) is 4.03. The molecule has 0 aliphatic carbocycles. The maximum atomic E-state index is 6.14. The minimum absolute atomic E-state index is 0.399. The molecule has 108 valence electrons. The molecular weight excluding hydrogens is 292 g/mol. The van der Waals surface area contributed by atoms with Gasteiger partial charge in [-0.25, -0.2) is 4.98 Å². The molecule has 0 radical (unpaired) electrons. The van der Waals surface area contributed by atoms with E-state index in [1.165, 1.54) is 4.88 Å². The lowest BCUT2D eigenvalue weighted by Gasteiger charge is -2.11. The van der Waals surface area contributed by atoms with Crippen molar-refractivity contribution in [2.75, 3.05) is 6.61 Å². The van der Waals surface area contributed by atoms with E-state index in [9.17, 15) is 0 Å². The smallest absolute Gasteiger partial charge is 0.213 e. The Labute approximate surface area is 129 Å². The molecule has 0 aliphatic rings. The lowest BCUT2D eigenvalue weighted by molar-refractivity contribution is 0.309. The van der Waals surface area contributed by atoms with Gasteiger partial charge < -0.3 is 10.1 Å². The van der Waals surface area contributed by atoms with Gasteiger partial charge in [0.2, 0.25) is 5.88 Å². The first-order valence-electron chi connectivity index (χ1n) is 6.69. The third-order valence-electron chi connectivity index (χ3n) is 2.75. The Hall–Kier alpha value is -1.10. The van der Waals surface area contributed by atoms with Crippen molar-refractivity contribution in [3.8, 4) is 5.88 Å². The van der Waals surface area contributed by atoms with Crippen molar-refractivity contribution in [1.82, 2.24) is 10.3 Å². The van der Waals surface area contributed by atoms with Crippen LogP contribution in [0.15, 0.2) is 29.6 Å². The van der Waals surface area contributed by atoms with Crippen LogP contribution in [0.25, 0.3) is 0 Å². The number of thiophene rings is 1. The van der Waals surface area contributed by atoms with Crippen LogP contribution in [0.1, 0.15) is 24.4 Å². The van der Waals surface area contributed by atoms with E-state index in [2.05, 4.69) is 41.7 Å². The SMILES string of the molecule is CC(C)NCc1nc(OCCc2cccs2)ccc1Cl. The Bertz CT molecular complexity index is 529. The van der Waals surface area contributed by atoms with E-state index < -0.39 is 0 Å². The van der Waals surface area contributed by atoms with E-state index in [0.29, 0.717) is 30.1 Å². The molecule has 0 amide bonds. The number of nitrogens with one attached hydrogen (secondary N) is 1. The maximum absolute atomic E-state index is 6.14. The van der Waals surface area contributed by atoms with Gasteiger partial charge in [0.25, 0.3) is 0 Å². The van der Waals surface area contributed by atoms with Crippen molar-refractivity contribution >= 4 is 22.9 Å². The Morgan fingerprint density at radius 1 is 1.35 bits per heavy atom. The largest absolute Gasteiger partial charge is 0.477 e. The van der Waals surface area contributed by atoms with Crippen LogP contribution in [-0.2, 0) is 13.0 Å². The first kappa shape index (κ1) is 15.3. The number of hydrogen-bond acceptors (Lipinski definition) is 4. The molecule has 0 fully saturated rings. The van der Waals surface area contributed by atoms with Crippen molar-refractivity contribution in [2.45, 2.75) is 32.9 Å². The molecule has 1 N–H and O–H groups in total. The van der Waals surface area contributed by atoms with Gasteiger partial charge >= 0.3 is 0 Å². The standard InChI is InChI=1S/C15H19ClN2OS/c1-11(2)17-10-14-13(16)5-6-15(18-14)19-8-7-12-4-3-9-20-12/h3-6,9,11,17H,7-8,10H2,1-2H3. The van der Waals surface area contributed by atoms with E-state index in [-0.39, 0.29) is 0 Å². The molecule has 0 bridgehead atoms. The Balaban J connectivity index is 1.89. The van der Waals surface area contributed by atoms with Gasteiger partial charge in [0, 0.05) is 30.0 Å². The highest BCUT2D eigenvalue weighted by Gasteiger charge is 2.06. The van der Waals surface area contributed by atoms with Gasteiger partial charge in [-0.3, -0.25) is 0 Å². The summed E-state index contributed by atoms with van der Waals surface area (Å²) in [5, 5.41) is 6.05. The fourth-order valence-electron chi connectivity index (χ4n) is 1.68. The molecule has 2 aromatic rings. The van der Waals surface area contributed by atoms with E-state index >= 15 is 0 Å². The van der Waals surface area contributed by atoms with E-state index in [0.717, 1.165) is 12.1 Å². The first-order chi connectivity index (χ1) is 9.65. The maximum Gasteiger partial charge on any atom is 0.213 e. The van der Waals surface area contributed by atoms with Gasteiger partial charge in [-0.15, -0.1) is 11.3 Å². The van der Waals surface area contributed by atoms with Crippen molar-refractivity contribution in [3.63, 3.8) is 0 Å². The molecule has 3 nitrogen and oxygen atoms in total. The van der Waals surface area contributed by atoms with Gasteiger partial charge in [-0.05, 0) is 17.5 Å². The lowest BCUT2D eigenvalue weighted by Crippen LogP contribution is -2.22.